The first-order valence-electron chi connectivity index (χ1n) is 6.50. The summed E-state index contributed by atoms with van der Waals surface area (Å²) in [5.41, 5.74) is 0.0175. The molecule has 0 radical (unpaired) electrons. The average Bonchev–Trinajstić information content (AvgIpc) is 2.29. The maximum atomic E-state index is 6.00. The second kappa shape index (κ2) is 6.93. The lowest BCUT2D eigenvalue weighted by Crippen LogP contribution is -2.52. The van der Waals surface area contributed by atoms with E-state index in [1.165, 1.54) is 19.3 Å². The molecule has 1 aliphatic heterocycles. The van der Waals surface area contributed by atoms with Crippen LogP contribution >= 0.6 is 0 Å². The molecule has 16 heavy (non-hydrogen) atoms. The first-order valence-corrected chi connectivity index (χ1v) is 6.50. The van der Waals surface area contributed by atoms with Crippen molar-refractivity contribution in [3.63, 3.8) is 0 Å². The van der Waals surface area contributed by atoms with Crippen LogP contribution in [0, 0.1) is 11.8 Å². The summed E-state index contributed by atoms with van der Waals surface area (Å²) in [6, 6.07) is 0.443. The highest BCUT2D eigenvalue weighted by atomic mass is 16.5. The van der Waals surface area contributed by atoms with E-state index in [4.69, 9.17) is 4.74 Å². The zero-order valence-corrected chi connectivity index (χ0v) is 10.9. The van der Waals surface area contributed by atoms with Gasteiger partial charge in [0.2, 0.25) is 0 Å². The molecule has 2 unspecified atom stereocenters. The van der Waals surface area contributed by atoms with Crippen LogP contribution in [0.4, 0.5) is 0 Å². The van der Waals surface area contributed by atoms with E-state index in [-0.39, 0.29) is 5.60 Å². The maximum Gasteiger partial charge on any atom is 0.0807 e. The van der Waals surface area contributed by atoms with Crippen molar-refractivity contribution in [2.75, 3.05) is 13.2 Å². The van der Waals surface area contributed by atoms with Crippen LogP contribution in [-0.4, -0.2) is 24.8 Å². The summed E-state index contributed by atoms with van der Waals surface area (Å²) in [5, 5.41) is 3.56. The van der Waals surface area contributed by atoms with Gasteiger partial charge in [0, 0.05) is 19.1 Å². The normalized spacial score (nSPS) is 26.9. The van der Waals surface area contributed by atoms with Gasteiger partial charge in [0.1, 0.15) is 0 Å². The van der Waals surface area contributed by atoms with Crippen molar-refractivity contribution < 1.29 is 4.74 Å². The highest BCUT2D eigenvalue weighted by Crippen LogP contribution is 2.29. The first kappa shape index (κ1) is 13.5. The van der Waals surface area contributed by atoms with Gasteiger partial charge in [0.25, 0.3) is 0 Å². The fourth-order valence-electron chi connectivity index (χ4n) is 2.44. The quantitative estimate of drug-likeness (QED) is 0.724. The zero-order valence-electron chi connectivity index (χ0n) is 10.9. The van der Waals surface area contributed by atoms with Gasteiger partial charge in [-0.3, -0.25) is 0 Å². The van der Waals surface area contributed by atoms with Crippen LogP contribution in [0.5, 0.6) is 0 Å². The highest BCUT2D eigenvalue weighted by molar-refractivity contribution is 4.99. The monoisotopic (exact) mass is 223 g/mol. The fourth-order valence-corrected chi connectivity index (χ4v) is 2.44. The topological polar surface area (TPSA) is 21.3 Å². The summed E-state index contributed by atoms with van der Waals surface area (Å²) < 4.78 is 6.00. The Balaban J connectivity index is 2.54. The van der Waals surface area contributed by atoms with Crippen LogP contribution in [0.25, 0.3) is 0 Å². The SMILES string of the molecule is CC#CCCC(NCC)C1(C)CCCCO1. The van der Waals surface area contributed by atoms with Crippen molar-refractivity contribution in [1.82, 2.24) is 5.32 Å². The van der Waals surface area contributed by atoms with Crippen molar-refractivity contribution in [2.24, 2.45) is 0 Å². The van der Waals surface area contributed by atoms with Gasteiger partial charge < -0.3 is 10.1 Å². The van der Waals surface area contributed by atoms with Gasteiger partial charge in [-0.25, -0.2) is 0 Å². The molecule has 0 aromatic rings. The van der Waals surface area contributed by atoms with Crippen LogP contribution < -0.4 is 5.32 Å². The number of nitrogens with one attached hydrogen (secondary N) is 1. The van der Waals surface area contributed by atoms with Gasteiger partial charge in [0.15, 0.2) is 0 Å². The molecule has 92 valence electrons. The average molecular weight is 223 g/mol. The molecule has 0 amide bonds. The van der Waals surface area contributed by atoms with Crippen molar-refractivity contribution >= 4 is 0 Å². The summed E-state index contributed by atoms with van der Waals surface area (Å²) >= 11 is 0. The van der Waals surface area contributed by atoms with Crippen LogP contribution in [-0.2, 0) is 4.74 Å². The van der Waals surface area contributed by atoms with Crippen molar-refractivity contribution in [2.45, 2.75) is 64.5 Å². The highest BCUT2D eigenvalue weighted by Gasteiger charge is 2.35. The van der Waals surface area contributed by atoms with E-state index >= 15 is 0 Å². The van der Waals surface area contributed by atoms with Crippen LogP contribution in [0.15, 0.2) is 0 Å². The van der Waals surface area contributed by atoms with Crippen molar-refractivity contribution in [1.29, 1.82) is 0 Å². The molecule has 0 saturated carbocycles. The molecule has 0 spiro atoms. The van der Waals surface area contributed by atoms with Gasteiger partial charge in [0.05, 0.1) is 5.60 Å². The molecule has 1 fully saturated rings. The Morgan fingerprint density at radius 1 is 1.44 bits per heavy atom. The van der Waals surface area contributed by atoms with Crippen LogP contribution in [0.1, 0.15) is 52.9 Å². The van der Waals surface area contributed by atoms with E-state index in [0.717, 1.165) is 26.0 Å². The number of hydrogen-bond donors (Lipinski definition) is 1. The molecule has 0 aliphatic carbocycles. The summed E-state index contributed by atoms with van der Waals surface area (Å²) in [6.45, 7) is 8.23. The molecule has 2 nitrogen and oxygen atoms in total. The lowest BCUT2D eigenvalue weighted by molar-refractivity contribution is -0.0894. The summed E-state index contributed by atoms with van der Waals surface area (Å²) in [4.78, 5) is 0. The van der Waals surface area contributed by atoms with Crippen molar-refractivity contribution in [3.8, 4) is 11.8 Å². The summed E-state index contributed by atoms with van der Waals surface area (Å²) in [6.07, 6.45) is 5.73. The molecule has 1 N–H and O–H groups in total. The van der Waals surface area contributed by atoms with E-state index in [1.54, 1.807) is 0 Å². The van der Waals surface area contributed by atoms with Gasteiger partial charge >= 0.3 is 0 Å². The Bertz CT molecular complexity index is 245. The molecule has 0 aromatic carbocycles. The van der Waals surface area contributed by atoms with E-state index < -0.39 is 0 Å². The molecule has 1 saturated heterocycles. The largest absolute Gasteiger partial charge is 0.374 e. The van der Waals surface area contributed by atoms with Crippen LogP contribution in [0.2, 0.25) is 0 Å². The molecule has 2 atom stereocenters. The minimum Gasteiger partial charge on any atom is -0.374 e. The lowest BCUT2D eigenvalue weighted by Gasteiger charge is -2.41. The predicted octanol–water partition coefficient (Wildman–Crippen LogP) is 2.73. The van der Waals surface area contributed by atoms with Gasteiger partial charge in [-0.2, -0.15) is 0 Å². The molecular weight excluding hydrogens is 198 g/mol. The molecule has 0 bridgehead atoms. The summed E-state index contributed by atoms with van der Waals surface area (Å²) in [5.74, 6) is 6.11. The van der Waals surface area contributed by atoms with Gasteiger partial charge in [-0.1, -0.05) is 6.92 Å². The van der Waals surface area contributed by atoms with E-state index in [2.05, 4.69) is 31.0 Å². The lowest BCUT2D eigenvalue weighted by atomic mass is 9.85. The predicted molar refractivity (Wildman–Crippen MR) is 68.4 cm³/mol. The molecule has 1 rings (SSSR count). The number of likely N-dealkylation sites (N-methyl/N-ethyl adjacent to an activating group) is 1. The Morgan fingerprint density at radius 3 is 2.81 bits per heavy atom. The van der Waals surface area contributed by atoms with Crippen molar-refractivity contribution in [3.05, 3.63) is 0 Å². The third-order valence-corrected chi connectivity index (χ3v) is 3.42. The Hall–Kier alpha value is -0.520. The standard InChI is InChI=1S/C14H25NO/c1-4-6-7-10-13(15-5-2)14(3)11-8-9-12-16-14/h13,15H,5,7-12H2,1-3H3. The van der Waals surface area contributed by atoms with E-state index in [9.17, 15) is 0 Å². The third kappa shape index (κ3) is 3.81. The molecule has 0 aromatic heterocycles. The first-order chi connectivity index (χ1) is 7.73. The molecule has 1 aliphatic rings. The van der Waals surface area contributed by atoms with E-state index in [1.807, 2.05) is 6.92 Å². The molecule has 1 heterocycles. The third-order valence-electron chi connectivity index (χ3n) is 3.42. The number of hydrogen-bond acceptors (Lipinski definition) is 2. The Kier molecular flexibility index (Phi) is 5.87. The second-order valence-electron chi connectivity index (χ2n) is 4.69. The second-order valence-corrected chi connectivity index (χ2v) is 4.69. The fraction of sp³-hybridized carbons (Fsp3) is 0.857. The zero-order chi connectivity index (χ0) is 11.9. The number of ether oxygens (including phenoxy) is 1. The molecular formula is C14H25NO. The van der Waals surface area contributed by atoms with E-state index in [0.29, 0.717) is 6.04 Å². The van der Waals surface area contributed by atoms with Crippen LogP contribution in [0.3, 0.4) is 0 Å². The minimum absolute atomic E-state index is 0.0175. The summed E-state index contributed by atoms with van der Waals surface area (Å²) in [7, 11) is 0. The Labute approximate surface area is 100 Å². The smallest absolute Gasteiger partial charge is 0.0807 e. The van der Waals surface area contributed by atoms with Gasteiger partial charge in [-0.05, 0) is 46.1 Å². The van der Waals surface area contributed by atoms with Gasteiger partial charge in [-0.15, -0.1) is 11.8 Å². The minimum atomic E-state index is 0.0175. The number of rotatable bonds is 5. The Morgan fingerprint density at radius 2 is 2.25 bits per heavy atom. The maximum absolute atomic E-state index is 6.00. The molecule has 2 heteroatoms.